The number of allylic oxidation sites excluding steroid dienone is 2. The maximum absolute atomic E-state index is 6.27. The van der Waals surface area contributed by atoms with E-state index < -0.39 is 0 Å². The fourth-order valence-electron chi connectivity index (χ4n) is 3.73. The minimum absolute atomic E-state index is 0.675. The number of hydrogen-bond donors (Lipinski definition) is 1. The third kappa shape index (κ3) is 3.20. The van der Waals surface area contributed by atoms with E-state index in [-0.39, 0.29) is 0 Å². The van der Waals surface area contributed by atoms with Crippen LogP contribution in [0.3, 0.4) is 0 Å². The molecule has 1 fully saturated rings. The van der Waals surface area contributed by atoms with E-state index in [1.54, 1.807) is 11.3 Å². The number of rotatable bonds is 5. The molecule has 2 aliphatic rings. The van der Waals surface area contributed by atoms with Crippen LogP contribution in [0.25, 0.3) is 10.4 Å². The number of hydrogen-bond acceptors (Lipinski definition) is 3. The van der Waals surface area contributed by atoms with Crippen molar-refractivity contribution in [2.45, 2.75) is 19.4 Å². The molecule has 1 aromatic heterocycles. The zero-order chi connectivity index (χ0) is 15.8. The van der Waals surface area contributed by atoms with Gasteiger partial charge in [0.2, 0.25) is 0 Å². The van der Waals surface area contributed by atoms with Crippen molar-refractivity contribution in [2.75, 3.05) is 6.54 Å². The second-order valence-corrected chi connectivity index (χ2v) is 8.32. The van der Waals surface area contributed by atoms with Crippen LogP contribution in [0, 0.1) is 17.8 Å². The lowest BCUT2D eigenvalue weighted by molar-refractivity contribution is 0.414. The molecule has 0 saturated heterocycles. The molecule has 3 atom stereocenters. The van der Waals surface area contributed by atoms with Crippen molar-refractivity contribution in [3.05, 3.63) is 51.6 Å². The molecule has 4 rings (SSSR count). The zero-order valence-corrected chi connectivity index (χ0v) is 15.0. The van der Waals surface area contributed by atoms with E-state index in [0.717, 1.165) is 46.3 Å². The van der Waals surface area contributed by atoms with Gasteiger partial charge in [-0.25, -0.2) is 4.98 Å². The first-order valence-electron chi connectivity index (χ1n) is 7.99. The van der Waals surface area contributed by atoms with Crippen molar-refractivity contribution >= 4 is 34.5 Å². The van der Waals surface area contributed by atoms with Gasteiger partial charge >= 0.3 is 0 Å². The molecule has 23 heavy (non-hydrogen) atoms. The Morgan fingerprint density at radius 1 is 1.17 bits per heavy atom. The first-order valence-corrected chi connectivity index (χ1v) is 9.56. The number of nitrogens with zero attached hydrogens (tertiary/aromatic N) is 1. The molecule has 2 nitrogen and oxygen atoms in total. The van der Waals surface area contributed by atoms with Gasteiger partial charge in [-0.2, -0.15) is 0 Å². The highest BCUT2D eigenvalue weighted by Crippen LogP contribution is 2.43. The molecule has 2 aromatic rings. The Labute approximate surface area is 150 Å². The molecule has 5 heteroatoms. The average molecular weight is 365 g/mol. The first-order chi connectivity index (χ1) is 11.2. The van der Waals surface area contributed by atoms with Crippen LogP contribution in [-0.4, -0.2) is 11.5 Å². The summed E-state index contributed by atoms with van der Waals surface area (Å²) < 4.78 is 0. The Bertz CT molecular complexity index is 720. The summed E-state index contributed by atoms with van der Waals surface area (Å²) in [4.78, 5) is 5.54. The summed E-state index contributed by atoms with van der Waals surface area (Å²) in [6.07, 6.45) is 9.36. The summed E-state index contributed by atoms with van der Waals surface area (Å²) in [6, 6.07) is 5.59. The molecule has 1 saturated carbocycles. The van der Waals surface area contributed by atoms with Crippen LogP contribution in [0.15, 0.2) is 36.5 Å². The molecule has 3 unspecified atom stereocenters. The van der Waals surface area contributed by atoms with Crippen LogP contribution in [0.4, 0.5) is 0 Å². The van der Waals surface area contributed by atoms with Gasteiger partial charge < -0.3 is 5.32 Å². The van der Waals surface area contributed by atoms with Crippen LogP contribution in [0.1, 0.15) is 17.8 Å². The minimum atomic E-state index is 0.675. The molecule has 0 amide bonds. The third-order valence-corrected chi connectivity index (χ3v) is 6.51. The summed E-state index contributed by atoms with van der Waals surface area (Å²) in [5.74, 6) is 2.42. The van der Waals surface area contributed by atoms with Crippen LogP contribution < -0.4 is 5.32 Å². The van der Waals surface area contributed by atoms with Crippen molar-refractivity contribution in [3.8, 4) is 10.4 Å². The fraction of sp³-hybridized carbons (Fsp3) is 0.389. The average Bonchev–Trinajstić information content (AvgIpc) is 3.24. The lowest BCUT2D eigenvalue weighted by Gasteiger charge is -2.18. The summed E-state index contributed by atoms with van der Waals surface area (Å²) in [6.45, 7) is 1.89. The number of halogens is 2. The monoisotopic (exact) mass is 364 g/mol. The topological polar surface area (TPSA) is 24.9 Å². The van der Waals surface area contributed by atoms with Gasteiger partial charge in [-0.3, -0.25) is 0 Å². The number of benzene rings is 1. The van der Waals surface area contributed by atoms with Crippen molar-refractivity contribution in [1.29, 1.82) is 0 Å². The molecular weight excluding hydrogens is 347 g/mol. The number of aromatic nitrogens is 1. The highest BCUT2D eigenvalue weighted by Gasteiger charge is 2.34. The second-order valence-electron chi connectivity index (χ2n) is 6.39. The second kappa shape index (κ2) is 6.56. The van der Waals surface area contributed by atoms with Gasteiger partial charge in [0.05, 0.1) is 14.9 Å². The maximum Gasteiger partial charge on any atom is 0.107 e. The molecule has 1 N–H and O–H groups in total. The fourth-order valence-corrected chi connectivity index (χ4v) is 5.41. The lowest BCUT2D eigenvalue weighted by atomic mass is 9.94. The molecular formula is C18H18Cl2N2S. The number of nitrogens with one attached hydrogen (secondary N) is 1. The molecule has 2 aliphatic carbocycles. The van der Waals surface area contributed by atoms with Gasteiger partial charge in [0.1, 0.15) is 5.01 Å². The SMILES string of the molecule is Clc1cccc(Cl)c1-c1cnc(CNCC2CC3C=CC2C3)s1. The van der Waals surface area contributed by atoms with E-state index in [1.165, 1.54) is 12.8 Å². The maximum atomic E-state index is 6.27. The normalized spacial score (nSPS) is 25.4. The molecule has 0 spiro atoms. The molecule has 1 heterocycles. The summed E-state index contributed by atoms with van der Waals surface area (Å²) in [7, 11) is 0. The van der Waals surface area contributed by atoms with Gasteiger partial charge in [-0.05, 0) is 49.3 Å². The smallest absolute Gasteiger partial charge is 0.107 e. The highest BCUT2D eigenvalue weighted by molar-refractivity contribution is 7.15. The van der Waals surface area contributed by atoms with E-state index in [2.05, 4.69) is 22.5 Å². The molecule has 0 aliphatic heterocycles. The Morgan fingerprint density at radius 3 is 2.70 bits per heavy atom. The summed E-state index contributed by atoms with van der Waals surface area (Å²) >= 11 is 14.2. The summed E-state index contributed by atoms with van der Waals surface area (Å²) in [5.41, 5.74) is 0.887. The zero-order valence-electron chi connectivity index (χ0n) is 12.6. The van der Waals surface area contributed by atoms with Gasteiger partial charge in [-0.15, -0.1) is 11.3 Å². The van der Waals surface area contributed by atoms with Crippen molar-refractivity contribution < 1.29 is 0 Å². The van der Waals surface area contributed by atoms with Gasteiger partial charge in [0.25, 0.3) is 0 Å². The molecule has 120 valence electrons. The summed E-state index contributed by atoms with van der Waals surface area (Å²) in [5, 5.41) is 6.00. The Hall–Kier alpha value is -0.870. The Kier molecular flexibility index (Phi) is 4.46. The number of fused-ring (bicyclic) bond motifs is 2. The lowest BCUT2D eigenvalue weighted by Crippen LogP contribution is -2.24. The van der Waals surface area contributed by atoms with Gasteiger partial charge in [0, 0.05) is 18.3 Å². The molecule has 1 aromatic carbocycles. The van der Waals surface area contributed by atoms with Gasteiger partial charge in [-0.1, -0.05) is 41.4 Å². The van der Waals surface area contributed by atoms with Crippen molar-refractivity contribution in [3.63, 3.8) is 0 Å². The van der Waals surface area contributed by atoms with Crippen LogP contribution in [-0.2, 0) is 6.54 Å². The predicted octanol–water partition coefficient (Wildman–Crippen LogP) is 5.42. The third-order valence-electron chi connectivity index (χ3n) is 4.86. The standard InChI is InChI=1S/C18H18Cl2N2S/c19-14-2-1-3-15(20)18(14)16-9-22-17(23-16)10-21-8-13-7-11-4-5-12(13)6-11/h1-5,9,11-13,21H,6-8,10H2. The Morgan fingerprint density at radius 2 is 2.00 bits per heavy atom. The molecule has 2 bridgehead atoms. The minimum Gasteiger partial charge on any atom is -0.310 e. The first kappa shape index (κ1) is 15.6. The van der Waals surface area contributed by atoms with Gasteiger partial charge in [0.15, 0.2) is 0 Å². The van der Waals surface area contributed by atoms with E-state index in [0.29, 0.717) is 10.0 Å². The van der Waals surface area contributed by atoms with Crippen LogP contribution in [0.5, 0.6) is 0 Å². The quantitative estimate of drug-likeness (QED) is 0.716. The van der Waals surface area contributed by atoms with E-state index in [1.807, 2.05) is 24.4 Å². The number of thiazole rings is 1. The van der Waals surface area contributed by atoms with Crippen LogP contribution in [0.2, 0.25) is 10.0 Å². The molecule has 0 radical (unpaired) electrons. The highest BCUT2D eigenvalue weighted by atomic mass is 35.5. The van der Waals surface area contributed by atoms with Crippen LogP contribution >= 0.6 is 34.5 Å². The predicted molar refractivity (Wildman–Crippen MR) is 98.1 cm³/mol. The van der Waals surface area contributed by atoms with E-state index >= 15 is 0 Å². The van der Waals surface area contributed by atoms with Crippen molar-refractivity contribution in [2.24, 2.45) is 17.8 Å². The van der Waals surface area contributed by atoms with E-state index in [9.17, 15) is 0 Å². The van der Waals surface area contributed by atoms with Crippen molar-refractivity contribution in [1.82, 2.24) is 10.3 Å². The largest absolute Gasteiger partial charge is 0.310 e. The Balaban J connectivity index is 1.38. The van der Waals surface area contributed by atoms with E-state index in [4.69, 9.17) is 23.2 Å².